The van der Waals surface area contributed by atoms with Crippen LogP contribution in [0.25, 0.3) is 0 Å². The molecule has 1 aromatic rings. The first-order valence-electron chi connectivity index (χ1n) is 6.50. The number of nitrogens with one attached hydrogen (secondary N) is 2. The van der Waals surface area contributed by atoms with Gasteiger partial charge < -0.3 is 15.4 Å². The third-order valence-electron chi connectivity index (χ3n) is 3.09. The number of ether oxygens (including phenoxy) is 1. The molecule has 4 heteroatoms. The van der Waals surface area contributed by atoms with Crippen LogP contribution in [0, 0.1) is 0 Å². The molecule has 1 atom stereocenters. The second-order valence-electron chi connectivity index (χ2n) is 5.37. The van der Waals surface area contributed by atoms with Crippen molar-refractivity contribution >= 4 is 11.6 Å². The fourth-order valence-electron chi connectivity index (χ4n) is 1.68. The number of carbonyl (C=O) groups excluding carboxylic acids is 1. The van der Waals surface area contributed by atoms with E-state index in [1.54, 1.807) is 7.11 Å². The van der Waals surface area contributed by atoms with E-state index in [4.69, 9.17) is 4.74 Å². The van der Waals surface area contributed by atoms with Gasteiger partial charge in [0, 0.05) is 32.3 Å². The highest BCUT2D eigenvalue weighted by Crippen LogP contribution is 2.18. The Balaban J connectivity index is 2.66. The molecule has 0 aliphatic carbocycles. The average Bonchev–Trinajstić information content (AvgIpc) is 2.35. The van der Waals surface area contributed by atoms with E-state index >= 15 is 0 Å². The lowest BCUT2D eigenvalue weighted by Gasteiger charge is -2.26. The highest BCUT2D eigenvalue weighted by atomic mass is 16.5. The fourth-order valence-corrected chi connectivity index (χ4v) is 1.68. The number of rotatable bonds is 6. The van der Waals surface area contributed by atoms with E-state index in [0.29, 0.717) is 0 Å². The predicted octanol–water partition coefficient (Wildman–Crippen LogP) is 2.72. The summed E-state index contributed by atoms with van der Waals surface area (Å²) in [4.78, 5) is 11.0. The summed E-state index contributed by atoms with van der Waals surface area (Å²) in [7, 11) is 1.71. The van der Waals surface area contributed by atoms with Crippen LogP contribution >= 0.6 is 0 Å². The Hall–Kier alpha value is -1.39. The zero-order chi connectivity index (χ0) is 14.5. The highest BCUT2D eigenvalue weighted by molar-refractivity contribution is 5.88. The minimum Gasteiger partial charge on any atom is -0.377 e. The van der Waals surface area contributed by atoms with Crippen LogP contribution in [-0.2, 0) is 9.53 Å². The second kappa shape index (κ2) is 6.68. The zero-order valence-corrected chi connectivity index (χ0v) is 12.4. The molecule has 0 aliphatic heterocycles. The van der Waals surface area contributed by atoms with Gasteiger partial charge in [-0.25, -0.2) is 0 Å². The maximum absolute atomic E-state index is 11.0. The first-order chi connectivity index (χ1) is 8.84. The topological polar surface area (TPSA) is 50.4 Å². The van der Waals surface area contributed by atoms with E-state index in [1.807, 2.05) is 38.1 Å². The summed E-state index contributed by atoms with van der Waals surface area (Å²) in [5.74, 6) is -0.0571. The first kappa shape index (κ1) is 15.7. The maximum atomic E-state index is 11.0. The number of hydrogen-bond acceptors (Lipinski definition) is 3. The fraction of sp³-hybridized carbons (Fsp3) is 0.533. The Morgan fingerprint density at radius 3 is 2.68 bits per heavy atom. The van der Waals surface area contributed by atoms with Crippen molar-refractivity contribution in [2.45, 2.75) is 39.3 Å². The number of methoxy groups -OCH3 is 1. The van der Waals surface area contributed by atoms with Crippen LogP contribution in [0.1, 0.15) is 39.3 Å². The monoisotopic (exact) mass is 264 g/mol. The van der Waals surface area contributed by atoms with E-state index in [-0.39, 0.29) is 17.6 Å². The normalized spacial score (nSPS) is 13.1. The van der Waals surface area contributed by atoms with Gasteiger partial charge in [0.1, 0.15) is 0 Å². The molecule has 1 rings (SSSR count). The van der Waals surface area contributed by atoms with E-state index in [0.717, 1.165) is 17.8 Å². The Labute approximate surface area is 115 Å². The van der Waals surface area contributed by atoms with Gasteiger partial charge in [-0.05, 0) is 38.5 Å². The SMILES string of the molecule is COC(C)(C)CNC(C)c1cccc(NC(C)=O)c1. The summed E-state index contributed by atoms with van der Waals surface area (Å²) >= 11 is 0. The van der Waals surface area contributed by atoms with Crippen molar-refractivity contribution in [2.24, 2.45) is 0 Å². The molecule has 4 nitrogen and oxygen atoms in total. The van der Waals surface area contributed by atoms with Crippen LogP contribution in [0.2, 0.25) is 0 Å². The largest absolute Gasteiger partial charge is 0.377 e. The van der Waals surface area contributed by atoms with Gasteiger partial charge in [-0.3, -0.25) is 4.79 Å². The molecule has 1 unspecified atom stereocenters. The van der Waals surface area contributed by atoms with Crippen molar-refractivity contribution in [1.29, 1.82) is 0 Å². The van der Waals surface area contributed by atoms with Crippen LogP contribution in [-0.4, -0.2) is 25.2 Å². The molecule has 0 bridgehead atoms. The lowest BCUT2D eigenvalue weighted by molar-refractivity contribution is -0.114. The maximum Gasteiger partial charge on any atom is 0.221 e. The molecule has 0 radical (unpaired) electrons. The molecule has 1 amide bonds. The lowest BCUT2D eigenvalue weighted by atomic mass is 10.1. The summed E-state index contributed by atoms with van der Waals surface area (Å²) in [6.45, 7) is 8.45. The van der Waals surface area contributed by atoms with Crippen molar-refractivity contribution in [3.05, 3.63) is 29.8 Å². The number of amides is 1. The number of benzene rings is 1. The molecule has 0 spiro atoms. The van der Waals surface area contributed by atoms with Crippen LogP contribution in [0.5, 0.6) is 0 Å². The van der Waals surface area contributed by atoms with Gasteiger partial charge in [-0.1, -0.05) is 12.1 Å². The van der Waals surface area contributed by atoms with Gasteiger partial charge in [0.15, 0.2) is 0 Å². The Morgan fingerprint density at radius 1 is 1.42 bits per heavy atom. The van der Waals surface area contributed by atoms with Crippen molar-refractivity contribution < 1.29 is 9.53 Å². The highest BCUT2D eigenvalue weighted by Gasteiger charge is 2.17. The summed E-state index contributed by atoms with van der Waals surface area (Å²) in [6, 6.07) is 8.06. The molecular weight excluding hydrogens is 240 g/mol. The van der Waals surface area contributed by atoms with E-state index in [9.17, 15) is 4.79 Å². The van der Waals surface area contributed by atoms with Crippen LogP contribution in [0.4, 0.5) is 5.69 Å². The molecule has 2 N–H and O–H groups in total. The predicted molar refractivity (Wildman–Crippen MR) is 78.3 cm³/mol. The number of hydrogen-bond donors (Lipinski definition) is 2. The molecule has 0 saturated heterocycles. The minimum atomic E-state index is -0.191. The third kappa shape index (κ3) is 5.41. The summed E-state index contributed by atoms with van der Waals surface area (Å²) < 4.78 is 5.38. The summed E-state index contributed by atoms with van der Waals surface area (Å²) in [5.41, 5.74) is 1.77. The second-order valence-corrected chi connectivity index (χ2v) is 5.37. The average molecular weight is 264 g/mol. The van der Waals surface area contributed by atoms with Crippen LogP contribution in [0.3, 0.4) is 0 Å². The van der Waals surface area contributed by atoms with E-state index in [2.05, 4.69) is 17.6 Å². The summed E-state index contributed by atoms with van der Waals surface area (Å²) in [6.07, 6.45) is 0. The van der Waals surface area contributed by atoms with Crippen molar-refractivity contribution in [2.75, 3.05) is 19.0 Å². The quantitative estimate of drug-likeness (QED) is 0.830. The van der Waals surface area contributed by atoms with Crippen molar-refractivity contribution in [3.8, 4) is 0 Å². The molecule has 19 heavy (non-hydrogen) atoms. The number of anilines is 1. The molecule has 0 heterocycles. The minimum absolute atomic E-state index is 0.0571. The van der Waals surface area contributed by atoms with Gasteiger partial charge in [0.25, 0.3) is 0 Å². The molecular formula is C15H24N2O2. The summed E-state index contributed by atoms with van der Waals surface area (Å²) in [5, 5.41) is 6.23. The van der Waals surface area contributed by atoms with E-state index in [1.165, 1.54) is 6.92 Å². The van der Waals surface area contributed by atoms with E-state index < -0.39 is 0 Å². The van der Waals surface area contributed by atoms with Gasteiger partial charge in [0.2, 0.25) is 5.91 Å². The molecule has 0 aliphatic rings. The van der Waals surface area contributed by atoms with Crippen molar-refractivity contribution in [1.82, 2.24) is 5.32 Å². The molecule has 1 aromatic carbocycles. The molecule has 0 aromatic heterocycles. The van der Waals surface area contributed by atoms with Gasteiger partial charge >= 0.3 is 0 Å². The van der Waals surface area contributed by atoms with Crippen molar-refractivity contribution in [3.63, 3.8) is 0 Å². The molecule has 0 saturated carbocycles. The standard InChI is InChI=1S/C15H24N2O2/c1-11(16-10-15(3,4)19-5)13-7-6-8-14(9-13)17-12(2)18/h6-9,11,16H,10H2,1-5H3,(H,17,18). The zero-order valence-electron chi connectivity index (χ0n) is 12.4. The smallest absolute Gasteiger partial charge is 0.221 e. The van der Waals surface area contributed by atoms with Crippen LogP contribution in [0.15, 0.2) is 24.3 Å². The molecule has 0 fully saturated rings. The van der Waals surface area contributed by atoms with Crippen LogP contribution < -0.4 is 10.6 Å². The molecule has 106 valence electrons. The lowest BCUT2D eigenvalue weighted by Crippen LogP contribution is -2.37. The third-order valence-corrected chi connectivity index (χ3v) is 3.09. The Kier molecular flexibility index (Phi) is 5.51. The van der Waals surface area contributed by atoms with Gasteiger partial charge in [0.05, 0.1) is 5.60 Å². The van der Waals surface area contributed by atoms with Gasteiger partial charge in [-0.2, -0.15) is 0 Å². The Bertz CT molecular complexity index is 430. The number of carbonyl (C=O) groups is 1. The Morgan fingerprint density at radius 2 is 2.11 bits per heavy atom. The van der Waals surface area contributed by atoms with Gasteiger partial charge in [-0.15, -0.1) is 0 Å². The first-order valence-corrected chi connectivity index (χ1v) is 6.50.